The number of nitrogens with zero attached hydrogens (tertiary/aromatic N) is 1. The fourth-order valence-electron chi connectivity index (χ4n) is 1.48. The minimum Gasteiger partial charge on any atom is -0.354 e. The van der Waals surface area contributed by atoms with Crippen molar-refractivity contribution >= 4 is 28.5 Å². The number of nitrogens with one attached hydrogen (secondary N) is 1. The quantitative estimate of drug-likeness (QED) is 0.465. The molecule has 0 saturated carbocycles. The summed E-state index contributed by atoms with van der Waals surface area (Å²) >= 11 is 2.38. The number of amides is 1. The first-order chi connectivity index (χ1) is 5.72. The Bertz CT molecular complexity index is 155. The molecule has 0 aromatic carbocycles. The van der Waals surface area contributed by atoms with Crippen LogP contribution in [-0.4, -0.2) is 34.5 Å². The van der Waals surface area contributed by atoms with Crippen molar-refractivity contribution in [3.05, 3.63) is 0 Å². The normalized spacial score (nSPS) is 20.8. The van der Waals surface area contributed by atoms with Gasteiger partial charge in [0.05, 0.1) is 4.55 Å². The van der Waals surface area contributed by atoms with Crippen molar-refractivity contribution in [3.8, 4) is 0 Å². The Morgan fingerprint density at radius 1 is 1.58 bits per heavy atom. The van der Waals surface area contributed by atoms with E-state index in [4.69, 9.17) is 0 Å². The molecular formula is C8H15IN2O. The molecule has 0 unspecified atom stereocenters. The maximum absolute atomic E-state index is 10.7. The van der Waals surface area contributed by atoms with Gasteiger partial charge in [-0.15, -0.1) is 0 Å². The Hall–Kier alpha value is 0.160. The number of likely N-dealkylation sites (tertiary alicyclic amines) is 1. The first-order valence-electron chi connectivity index (χ1n) is 4.28. The third-order valence-corrected chi connectivity index (χ3v) is 3.13. The van der Waals surface area contributed by atoms with Gasteiger partial charge in [0.2, 0.25) is 5.91 Å². The zero-order chi connectivity index (χ0) is 8.97. The largest absolute Gasteiger partial charge is 0.354 e. The average molecular weight is 282 g/mol. The molecule has 1 amide bonds. The zero-order valence-electron chi connectivity index (χ0n) is 7.35. The van der Waals surface area contributed by atoms with Crippen LogP contribution < -0.4 is 5.32 Å². The van der Waals surface area contributed by atoms with Crippen LogP contribution in [0.1, 0.15) is 19.8 Å². The van der Waals surface area contributed by atoms with Crippen molar-refractivity contribution in [3.63, 3.8) is 0 Å². The summed E-state index contributed by atoms with van der Waals surface area (Å²) in [5.41, 5.74) is 0. The number of piperidine rings is 1. The zero-order valence-corrected chi connectivity index (χ0v) is 9.50. The predicted molar refractivity (Wildman–Crippen MR) is 57.3 cm³/mol. The highest BCUT2D eigenvalue weighted by molar-refractivity contribution is 14.1. The summed E-state index contributed by atoms with van der Waals surface area (Å²) in [6.07, 6.45) is 2.20. The minimum atomic E-state index is 0.0999. The molecule has 0 radical (unpaired) electrons. The summed E-state index contributed by atoms with van der Waals surface area (Å²) in [5.74, 6) is 0.0999. The molecule has 0 aromatic heterocycles. The molecular weight excluding hydrogens is 267 g/mol. The molecule has 4 heteroatoms. The standard InChI is InChI=1S/C8H15IN2O/c1-7(12)10-8-2-4-11(6-9)5-3-8/h8H,2-6H2,1H3,(H,10,12). The van der Waals surface area contributed by atoms with Crippen LogP contribution >= 0.6 is 22.6 Å². The lowest BCUT2D eigenvalue weighted by Gasteiger charge is -2.30. The lowest BCUT2D eigenvalue weighted by Crippen LogP contribution is -2.43. The molecule has 0 aromatic rings. The molecule has 0 spiro atoms. The monoisotopic (exact) mass is 282 g/mol. The van der Waals surface area contributed by atoms with Crippen LogP contribution in [0.25, 0.3) is 0 Å². The molecule has 0 aliphatic carbocycles. The van der Waals surface area contributed by atoms with Crippen LogP contribution in [0.15, 0.2) is 0 Å². The summed E-state index contributed by atoms with van der Waals surface area (Å²) in [7, 11) is 0. The molecule has 0 bridgehead atoms. The number of hydrogen-bond acceptors (Lipinski definition) is 2. The SMILES string of the molecule is CC(=O)NC1CCN(CI)CC1. The van der Waals surface area contributed by atoms with Crippen molar-refractivity contribution < 1.29 is 4.79 Å². The number of carbonyl (C=O) groups excluding carboxylic acids is 1. The highest BCUT2D eigenvalue weighted by Gasteiger charge is 2.18. The molecule has 3 nitrogen and oxygen atoms in total. The van der Waals surface area contributed by atoms with Crippen molar-refractivity contribution in [1.29, 1.82) is 0 Å². The van der Waals surface area contributed by atoms with Gasteiger partial charge in [-0.05, 0) is 12.8 Å². The van der Waals surface area contributed by atoms with Crippen LogP contribution in [0.3, 0.4) is 0 Å². The molecule has 1 fully saturated rings. The van der Waals surface area contributed by atoms with Crippen LogP contribution in [0, 0.1) is 0 Å². The summed E-state index contributed by atoms with van der Waals surface area (Å²) in [4.78, 5) is 13.1. The summed E-state index contributed by atoms with van der Waals surface area (Å²) in [6.45, 7) is 3.83. The Kier molecular flexibility index (Phi) is 4.28. The second-order valence-electron chi connectivity index (χ2n) is 3.21. The van der Waals surface area contributed by atoms with Gasteiger partial charge in [-0.2, -0.15) is 0 Å². The maximum Gasteiger partial charge on any atom is 0.217 e. The first kappa shape index (κ1) is 10.2. The van der Waals surface area contributed by atoms with Gasteiger partial charge in [-0.25, -0.2) is 0 Å². The average Bonchev–Trinajstić information content (AvgIpc) is 2.05. The van der Waals surface area contributed by atoms with Gasteiger partial charge in [0.25, 0.3) is 0 Å². The van der Waals surface area contributed by atoms with E-state index in [0.717, 1.165) is 30.5 Å². The topological polar surface area (TPSA) is 32.3 Å². The van der Waals surface area contributed by atoms with Crippen LogP contribution in [0.5, 0.6) is 0 Å². The molecule has 1 aliphatic rings. The van der Waals surface area contributed by atoms with Gasteiger partial charge >= 0.3 is 0 Å². The fourth-order valence-corrected chi connectivity index (χ4v) is 2.17. The number of rotatable bonds is 2. The highest BCUT2D eigenvalue weighted by Crippen LogP contribution is 2.10. The smallest absolute Gasteiger partial charge is 0.217 e. The van der Waals surface area contributed by atoms with Crippen molar-refractivity contribution in [2.75, 3.05) is 17.6 Å². The Labute approximate surface area is 87.0 Å². The molecule has 1 rings (SSSR count). The van der Waals surface area contributed by atoms with E-state index >= 15 is 0 Å². The number of halogens is 1. The number of hydrogen-bond donors (Lipinski definition) is 1. The van der Waals surface area contributed by atoms with E-state index in [-0.39, 0.29) is 5.91 Å². The van der Waals surface area contributed by atoms with Gasteiger partial charge in [0.15, 0.2) is 0 Å². The van der Waals surface area contributed by atoms with E-state index in [0.29, 0.717) is 6.04 Å². The van der Waals surface area contributed by atoms with Crippen molar-refractivity contribution in [1.82, 2.24) is 10.2 Å². The van der Waals surface area contributed by atoms with Crippen molar-refractivity contribution in [2.45, 2.75) is 25.8 Å². The van der Waals surface area contributed by atoms with Gasteiger partial charge in [0.1, 0.15) is 0 Å². The van der Waals surface area contributed by atoms with Crippen LogP contribution in [0.2, 0.25) is 0 Å². The maximum atomic E-state index is 10.7. The predicted octanol–water partition coefficient (Wildman–Crippen LogP) is 0.979. The van der Waals surface area contributed by atoms with Crippen LogP contribution in [0.4, 0.5) is 0 Å². The van der Waals surface area contributed by atoms with Crippen molar-refractivity contribution in [2.24, 2.45) is 0 Å². The van der Waals surface area contributed by atoms with E-state index in [9.17, 15) is 4.79 Å². The highest BCUT2D eigenvalue weighted by atomic mass is 127. The molecule has 1 aliphatic heterocycles. The molecule has 1 saturated heterocycles. The van der Waals surface area contributed by atoms with E-state index in [1.807, 2.05) is 0 Å². The summed E-state index contributed by atoms with van der Waals surface area (Å²) in [5, 5.41) is 2.96. The lowest BCUT2D eigenvalue weighted by atomic mass is 10.1. The van der Waals surface area contributed by atoms with Gasteiger partial charge < -0.3 is 5.32 Å². The Morgan fingerprint density at radius 3 is 2.58 bits per heavy atom. The van der Waals surface area contributed by atoms with Gasteiger partial charge in [-0.3, -0.25) is 9.69 Å². The fraction of sp³-hybridized carbons (Fsp3) is 0.875. The van der Waals surface area contributed by atoms with E-state index in [1.54, 1.807) is 6.92 Å². The minimum absolute atomic E-state index is 0.0999. The third-order valence-electron chi connectivity index (χ3n) is 2.16. The van der Waals surface area contributed by atoms with Gasteiger partial charge in [-0.1, -0.05) is 22.6 Å². The summed E-state index contributed by atoms with van der Waals surface area (Å²) < 4.78 is 1.10. The number of carbonyl (C=O) groups is 1. The second-order valence-corrected chi connectivity index (χ2v) is 3.89. The molecule has 1 N–H and O–H groups in total. The second kappa shape index (κ2) is 5.01. The van der Waals surface area contributed by atoms with E-state index < -0.39 is 0 Å². The lowest BCUT2D eigenvalue weighted by molar-refractivity contribution is -0.119. The molecule has 0 atom stereocenters. The van der Waals surface area contributed by atoms with E-state index in [1.165, 1.54) is 0 Å². The molecule has 1 heterocycles. The Balaban J connectivity index is 2.21. The third kappa shape index (κ3) is 3.26. The molecule has 70 valence electrons. The van der Waals surface area contributed by atoms with Gasteiger partial charge in [0, 0.05) is 26.1 Å². The Morgan fingerprint density at radius 2 is 2.17 bits per heavy atom. The van der Waals surface area contributed by atoms with Crippen LogP contribution in [-0.2, 0) is 4.79 Å². The first-order valence-corrected chi connectivity index (χ1v) is 5.80. The number of alkyl halides is 1. The molecule has 12 heavy (non-hydrogen) atoms. The van der Waals surface area contributed by atoms with E-state index in [2.05, 4.69) is 32.8 Å². The summed E-state index contributed by atoms with van der Waals surface area (Å²) in [6, 6.07) is 0.418.